The monoisotopic (exact) mass is 324 g/mol. The first kappa shape index (κ1) is 14.8. The fourth-order valence-corrected chi connectivity index (χ4v) is 4.37. The lowest BCUT2D eigenvalue weighted by Gasteiger charge is -2.29. The third kappa shape index (κ3) is 3.22. The zero-order valence-electron chi connectivity index (χ0n) is 11.8. The van der Waals surface area contributed by atoms with Gasteiger partial charge < -0.3 is 15.0 Å². The van der Waals surface area contributed by atoms with Crippen LogP contribution in [0.15, 0.2) is 24.3 Å². The summed E-state index contributed by atoms with van der Waals surface area (Å²) in [6, 6.07) is 6.64. The van der Waals surface area contributed by atoms with E-state index in [4.69, 9.17) is 4.74 Å². The third-order valence-electron chi connectivity index (χ3n) is 3.68. The largest absolute Gasteiger partial charge is 0.423 e. The quantitative estimate of drug-likeness (QED) is 0.607. The van der Waals surface area contributed by atoms with Crippen LogP contribution in [0.3, 0.4) is 0 Å². The van der Waals surface area contributed by atoms with Gasteiger partial charge in [0.1, 0.15) is 6.54 Å². The Balaban J connectivity index is 1.66. The molecule has 2 aliphatic heterocycles. The van der Waals surface area contributed by atoms with Crippen LogP contribution in [0.1, 0.15) is 6.42 Å². The number of hydrogen-bond acceptors (Lipinski definition) is 6. The number of ether oxygens (including phenoxy) is 1. The minimum Gasteiger partial charge on any atom is -0.423 e. The average molecular weight is 324 g/mol. The van der Waals surface area contributed by atoms with E-state index >= 15 is 0 Å². The maximum Gasteiger partial charge on any atom is 0.331 e. The Labute approximate surface area is 128 Å². The Kier molecular flexibility index (Phi) is 3.78. The van der Waals surface area contributed by atoms with E-state index in [1.807, 2.05) is 0 Å². The molecule has 1 atom stereocenters. The predicted molar refractivity (Wildman–Crippen MR) is 79.5 cm³/mol. The topological polar surface area (TPSA) is 92.8 Å². The number of carbonyl (C=O) groups is 2. The molecule has 1 aromatic rings. The number of rotatable bonds is 3. The maximum absolute atomic E-state index is 12.1. The molecule has 1 unspecified atom stereocenters. The molecule has 1 amide bonds. The number of hydrogen-bond donors (Lipinski definition) is 1. The van der Waals surface area contributed by atoms with Gasteiger partial charge in [0.25, 0.3) is 0 Å². The van der Waals surface area contributed by atoms with Crippen LogP contribution in [0.4, 0.5) is 5.69 Å². The first-order valence-electron chi connectivity index (χ1n) is 6.97. The van der Waals surface area contributed by atoms with E-state index in [9.17, 15) is 18.0 Å². The minimum atomic E-state index is -3.03. The molecule has 0 aliphatic carbocycles. The summed E-state index contributed by atoms with van der Waals surface area (Å²) in [6.07, 6.45) is 0.437. The predicted octanol–water partition coefficient (Wildman–Crippen LogP) is -0.285. The van der Waals surface area contributed by atoms with E-state index in [-0.39, 0.29) is 36.5 Å². The maximum atomic E-state index is 12.1. The number of para-hydroxylation sites is 2. The van der Waals surface area contributed by atoms with Crippen molar-refractivity contribution in [3.63, 3.8) is 0 Å². The molecule has 1 N–H and O–H groups in total. The molecule has 1 fully saturated rings. The smallest absolute Gasteiger partial charge is 0.331 e. The van der Waals surface area contributed by atoms with Crippen molar-refractivity contribution in [2.24, 2.45) is 0 Å². The molecule has 0 aromatic heterocycles. The van der Waals surface area contributed by atoms with Gasteiger partial charge in [0, 0.05) is 6.04 Å². The van der Waals surface area contributed by atoms with Gasteiger partial charge in [0.05, 0.1) is 23.7 Å². The fraction of sp³-hybridized carbons (Fsp3) is 0.429. The van der Waals surface area contributed by atoms with Crippen molar-refractivity contribution in [2.75, 3.05) is 29.5 Å². The van der Waals surface area contributed by atoms with E-state index in [1.54, 1.807) is 29.2 Å². The minimum absolute atomic E-state index is 0.00655. The highest BCUT2D eigenvalue weighted by molar-refractivity contribution is 7.91. The molecule has 0 saturated carbocycles. The van der Waals surface area contributed by atoms with Crippen molar-refractivity contribution in [3.8, 4) is 5.75 Å². The van der Waals surface area contributed by atoms with Crippen molar-refractivity contribution in [2.45, 2.75) is 12.5 Å². The summed E-state index contributed by atoms with van der Waals surface area (Å²) >= 11 is 0. The van der Waals surface area contributed by atoms with E-state index in [0.29, 0.717) is 17.9 Å². The lowest BCUT2D eigenvalue weighted by molar-refractivity contribution is -0.133. The van der Waals surface area contributed by atoms with Crippen molar-refractivity contribution >= 4 is 27.4 Å². The molecule has 7 nitrogen and oxygen atoms in total. The third-order valence-corrected chi connectivity index (χ3v) is 5.45. The second kappa shape index (κ2) is 5.60. The summed E-state index contributed by atoms with van der Waals surface area (Å²) in [4.78, 5) is 25.3. The molecule has 22 heavy (non-hydrogen) atoms. The van der Waals surface area contributed by atoms with Crippen molar-refractivity contribution in [1.29, 1.82) is 0 Å². The molecule has 0 spiro atoms. The molecular weight excluding hydrogens is 308 g/mol. The molecule has 1 aromatic carbocycles. The Morgan fingerprint density at radius 1 is 1.36 bits per heavy atom. The molecule has 8 heteroatoms. The van der Waals surface area contributed by atoms with E-state index < -0.39 is 15.8 Å². The molecular formula is C14H16N2O5S. The van der Waals surface area contributed by atoms with Crippen LogP contribution in [-0.2, 0) is 19.4 Å². The van der Waals surface area contributed by atoms with Crippen molar-refractivity contribution in [3.05, 3.63) is 24.3 Å². The first-order chi connectivity index (χ1) is 10.4. The number of sulfone groups is 1. The molecule has 3 rings (SSSR count). The van der Waals surface area contributed by atoms with Crippen LogP contribution >= 0.6 is 0 Å². The standard InChI is InChI=1S/C14H16N2O5S/c17-13(15-10-5-6-22(19,20)9-10)7-16-8-14(18)21-12-4-2-1-3-11(12)16/h1-4,10H,5-9H2,(H,15,17). The van der Waals surface area contributed by atoms with Gasteiger partial charge in [-0.2, -0.15) is 0 Å². The van der Waals surface area contributed by atoms with Gasteiger partial charge in [-0.1, -0.05) is 12.1 Å². The Morgan fingerprint density at radius 3 is 2.86 bits per heavy atom. The lowest BCUT2D eigenvalue weighted by atomic mass is 10.2. The second-order valence-corrected chi connectivity index (χ2v) is 7.69. The molecule has 2 aliphatic rings. The SMILES string of the molecule is O=C(CN1CC(=O)Oc2ccccc21)NC1CCS(=O)(=O)C1. The zero-order chi connectivity index (χ0) is 15.7. The molecule has 2 heterocycles. The summed E-state index contributed by atoms with van der Waals surface area (Å²) in [5.41, 5.74) is 0.677. The summed E-state index contributed by atoms with van der Waals surface area (Å²) in [5, 5.41) is 2.72. The Bertz CT molecular complexity index is 716. The van der Waals surface area contributed by atoms with Gasteiger partial charge in [-0.05, 0) is 18.6 Å². The summed E-state index contributed by atoms with van der Waals surface area (Å²) in [6.45, 7) is -0.0178. The number of carbonyl (C=O) groups excluding carboxylic acids is 2. The van der Waals surface area contributed by atoms with E-state index in [1.165, 1.54) is 0 Å². The van der Waals surface area contributed by atoms with Crippen LogP contribution in [-0.4, -0.2) is 50.9 Å². The normalized spacial score (nSPS) is 22.8. The van der Waals surface area contributed by atoms with Gasteiger partial charge in [-0.3, -0.25) is 4.79 Å². The first-order valence-corrected chi connectivity index (χ1v) is 8.79. The van der Waals surface area contributed by atoms with Crippen LogP contribution in [0.5, 0.6) is 5.75 Å². The highest BCUT2D eigenvalue weighted by Crippen LogP contribution is 2.31. The van der Waals surface area contributed by atoms with Crippen LogP contribution in [0.25, 0.3) is 0 Å². The number of nitrogens with one attached hydrogen (secondary N) is 1. The van der Waals surface area contributed by atoms with E-state index in [2.05, 4.69) is 5.32 Å². The molecule has 0 radical (unpaired) electrons. The molecule has 118 valence electrons. The summed E-state index contributed by atoms with van der Waals surface area (Å²) < 4.78 is 27.9. The van der Waals surface area contributed by atoms with Gasteiger partial charge in [0.15, 0.2) is 15.6 Å². The summed E-state index contributed by atoms with van der Waals surface area (Å²) in [5.74, 6) is -0.203. The zero-order valence-corrected chi connectivity index (χ0v) is 12.6. The van der Waals surface area contributed by atoms with E-state index in [0.717, 1.165) is 0 Å². The molecule has 1 saturated heterocycles. The number of anilines is 1. The van der Waals surface area contributed by atoms with Crippen LogP contribution < -0.4 is 15.0 Å². The number of nitrogens with zero attached hydrogens (tertiary/aromatic N) is 1. The van der Waals surface area contributed by atoms with Crippen molar-refractivity contribution < 1.29 is 22.7 Å². The molecule has 0 bridgehead atoms. The summed E-state index contributed by atoms with van der Waals surface area (Å²) in [7, 11) is -3.03. The Hall–Kier alpha value is -2.09. The number of amides is 1. The van der Waals surface area contributed by atoms with Crippen molar-refractivity contribution in [1.82, 2.24) is 5.32 Å². The lowest BCUT2D eigenvalue weighted by Crippen LogP contribution is -2.46. The van der Waals surface area contributed by atoms with Crippen LogP contribution in [0.2, 0.25) is 0 Å². The van der Waals surface area contributed by atoms with Gasteiger partial charge in [-0.15, -0.1) is 0 Å². The van der Waals surface area contributed by atoms with Gasteiger partial charge in [-0.25, -0.2) is 13.2 Å². The highest BCUT2D eigenvalue weighted by atomic mass is 32.2. The highest BCUT2D eigenvalue weighted by Gasteiger charge is 2.30. The fourth-order valence-electron chi connectivity index (χ4n) is 2.70. The number of benzene rings is 1. The van der Waals surface area contributed by atoms with Gasteiger partial charge >= 0.3 is 5.97 Å². The second-order valence-electron chi connectivity index (χ2n) is 5.47. The Morgan fingerprint density at radius 2 is 2.14 bits per heavy atom. The average Bonchev–Trinajstić information content (AvgIpc) is 2.77. The van der Waals surface area contributed by atoms with Gasteiger partial charge in [0.2, 0.25) is 5.91 Å². The number of esters is 1. The van der Waals surface area contributed by atoms with Crippen LogP contribution in [0, 0.1) is 0 Å². The number of fused-ring (bicyclic) bond motifs is 1.